The molecule has 0 N–H and O–H groups in total. The maximum Gasteiger partial charge on any atom is 0.286 e. The number of hydrogen-bond acceptors (Lipinski definition) is 3. The smallest absolute Gasteiger partial charge is 0.266 e. The van der Waals surface area contributed by atoms with Crippen LogP contribution in [0.4, 0.5) is 0 Å². The van der Waals surface area contributed by atoms with Crippen LogP contribution in [0, 0.1) is 0 Å². The molecular formula is C17H9BrN2OS. The summed E-state index contributed by atoms with van der Waals surface area (Å²) in [5.74, 6) is -0.412. The van der Waals surface area contributed by atoms with Crippen LogP contribution in [0.15, 0.2) is 64.1 Å². The molecule has 0 saturated heterocycles. The first-order valence-corrected chi connectivity index (χ1v) is 7.67. The van der Waals surface area contributed by atoms with Gasteiger partial charge >= 0.3 is 0 Å². The first-order chi connectivity index (χ1) is 10.7. The predicted octanol–water partition coefficient (Wildman–Crippen LogP) is 4.91. The van der Waals surface area contributed by atoms with Gasteiger partial charge in [0.15, 0.2) is 0 Å². The molecule has 1 heterocycles. The Balaban J connectivity index is 2.29. The number of thiocarbonyl (C=S) groups is 1. The maximum absolute atomic E-state index is 12.2. The van der Waals surface area contributed by atoms with Gasteiger partial charge in [0.1, 0.15) is 0 Å². The molecule has 1 aromatic heterocycles. The molecule has 0 aliphatic rings. The summed E-state index contributed by atoms with van der Waals surface area (Å²) in [6.45, 7) is 0. The van der Waals surface area contributed by atoms with Crippen molar-refractivity contribution < 1.29 is 4.79 Å². The summed E-state index contributed by atoms with van der Waals surface area (Å²) in [5, 5.41) is 2.88. The lowest BCUT2D eigenvalue weighted by Crippen LogP contribution is -1.99. The van der Waals surface area contributed by atoms with E-state index < -0.39 is 5.91 Å². The second kappa shape index (κ2) is 6.28. The van der Waals surface area contributed by atoms with Crippen molar-refractivity contribution in [3.63, 3.8) is 0 Å². The topological polar surface area (TPSA) is 42.3 Å². The summed E-state index contributed by atoms with van der Waals surface area (Å²) in [6, 6.07) is 17.0. The van der Waals surface area contributed by atoms with E-state index in [0.717, 1.165) is 20.9 Å². The number of carbonyl (C=O) groups excluding carboxylic acids is 1. The number of amides is 1. The number of fused-ring (bicyclic) bond motifs is 1. The molecule has 106 valence electrons. The number of rotatable bonds is 2. The summed E-state index contributed by atoms with van der Waals surface area (Å²) in [4.78, 5) is 20.4. The minimum Gasteiger partial charge on any atom is -0.266 e. The number of para-hydroxylation sites is 1. The van der Waals surface area contributed by atoms with Crippen LogP contribution in [-0.2, 0) is 0 Å². The first-order valence-electron chi connectivity index (χ1n) is 6.47. The number of halogens is 1. The van der Waals surface area contributed by atoms with Crippen molar-refractivity contribution in [1.82, 2.24) is 4.98 Å². The van der Waals surface area contributed by atoms with Crippen LogP contribution >= 0.6 is 28.1 Å². The van der Waals surface area contributed by atoms with Gasteiger partial charge in [0.25, 0.3) is 5.91 Å². The summed E-state index contributed by atoms with van der Waals surface area (Å²) in [6.07, 6.45) is 0. The molecule has 2 aromatic carbocycles. The number of pyridine rings is 1. The molecule has 0 bridgehead atoms. The second-order valence-corrected chi connectivity index (χ2v) is 5.69. The van der Waals surface area contributed by atoms with Crippen LogP contribution in [0.1, 0.15) is 10.4 Å². The van der Waals surface area contributed by atoms with Crippen LogP contribution in [-0.4, -0.2) is 16.1 Å². The highest BCUT2D eigenvalue weighted by atomic mass is 79.9. The average molecular weight is 369 g/mol. The van der Waals surface area contributed by atoms with Gasteiger partial charge in [0, 0.05) is 15.4 Å². The van der Waals surface area contributed by atoms with E-state index in [9.17, 15) is 4.79 Å². The van der Waals surface area contributed by atoms with Crippen molar-refractivity contribution in [2.75, 3.05) is 0 Å². The quantitative estimate of drug-likeness (QED) is 0.476. The summed E-state index contributed by atoms with van der Waals surface area (Å²) in [5.41, 5.74) is 2.84. The minimum atomic E-state index is -0.412. The zero-order chi connectivity index (χ0) is 15.5. The van der Waals surface area contributed by atoms with Crippen molar-refractivity contribution in [3.05, 3.63) is 64.6 Å². The first kappa shape index (κ1) is 14.7. The van der Waals surface area contributed by atoms with Gasteiger partial charge in [-0.05, 0) is 36.5 Å². The maximum atomic E-state index is 12.2. The third-order valence-electron chi connectivity index (χ3n) is 3.21. The number of hydrogen-bond donors (Lipinski definition) is 0. The molecule has 0 fully saturated rings. The largest absolute Gasteiger partial charge is 0.286 e. The number of isothiocyanates is 1. The highest BCUT2D eigenvalue weighted by Crippen LogP contribution is 2.27. The molecule has 0 aliphatic heterocycles. The van der Waals surface area contributed by atoms with Crippen molar-refractivity contribution >= 4 is 50.1 Å². The van der Waals surface area contributed by atoms with E-state index in [0.29, 0.717) is 11.3 Å². The Kier molecular flexibility index (Phi) is 4.20. The fourth-order valence-electron chi connectivity index (χ4n) is 2.25. The number of aliphatic imine (C=N–C) groups is 1. The Bertz CT molecular complexity index is 933. The Hall–Kier alpha value is -2.20. The van der Waals surface area contributed by atoms with Gasteiger partial charge in [0.05, 0.1) is 21.9 Å². The van der Waals surface area contributed by atoms with Crippen LogP contribution < -0.4 is 0 Å². The van der Waals surface area contributed by atoms with Crippen molar-refractivity contribution in [1.29, 1.82) is 0 Å². The fourth-order valence-corrected chi connectivity index (χ4v) is 2.73. The Morgan fingerprint density at radius 1 is 1.14 bits per heavy atom. The van der Waals surface area contributed by atoms with Gasteiger partial charge in [0.2, 0.25) is 0 Å². The van der Waals surface area contributed by atoms with Crippen LogP contribution in [0.25, 0.3) is 22.2 Å². The SMILES string of the molecule is O=C(N=C=S)c1cc(-c2cccc(Br)c2)nc2ccccc12. The second-order valence-electron chi connectivity index (χ2n) is 4.59. The monoisotopic (exact) mass is 368 g/mol. The Morgan fingerprint density at radius 3 is 2.73 bits per heavy atom. The lowest BCUT2D eigenvalue weighted by atomic mass is 10.0. The van der Waals surface area contributed by atoms with E-state index in [1.165, 1.54) is 0 Å². The van der Waals surface area contributed by atoms with E-state index in [2.05, 4.69) is 43.3 Å². The zero-order valence-corrected chi connectivity index (χ0v) is 13.7. The molecule has 0 unspecified atom stereocenters. The van der Waals surface area contributed by atoms with Crippen LogP contribution in [0.2, 0.25) is 0 Å². The van der Waals surface area contributed by atoms with E-state index in [4.69, 9.17) is 0 Å². The lowest BCUT2D eigenvalue weighted by molar-refractivity contribution is 0.101. The number of carbonyl (C=O) groups is 1. The number of benzene rings is 2. The summed E-state index contributed by atoms with van der Waals surface area (Å²) >= 11 is 7.98. The molecule has 22 heavy (non-hydrogen) atoms. The Labute approximate surface area is 140 Å². The van der Waals surface area contributed by atoms with E-state index in [1.807, 2.05) is 48.5 Å². The van der Waals surface area contributed by atoms with Gasteiger partial charge in [-0.1, -0.05) is 46.3 Å². The Morgan fingerprint density at radius 2 is 1.95 bits per heavy atom. The van der Waals surface area contributed by atoms with Gasteiger partial charge in [-0.15, -0.1) is 0 Å². The molecule has 1 amide bonds. The highest BCUT2D eigenvalue weighted by molar-refractivity contribution is 9.10. The minimum absolute atomic E-state index is 0.412. The van der Waals surface area contributed by atoms with Crippen molar-refractivity contribution in [3.8, 4) is 11.3 Å². The molecule has 0 spiro atoms. The molecule has 5 heteroatoms. The average Bonchev–Trinajstić information content (AvgIpc) is 2.54. The molecule has 0 radical (unpaired) electrons. The molecule has 3 rings (SSSR count). The van der Waals surface area contributed by atoms with Gasteiger partial charge in [-0.2, -0.15) is 4.99 Å². The predicted molar refractivity (Wildman–Crippen MR) is 94.2 cm³/mol. The van der Waals surface area contributed by atoms with Crippen molar-refractivity contribution in [2.45, 2.75) is 0 Å². The third-order valence-corrected chi connectivity index (χ3v) is 3.80. The zero-order valence-electron chi connectivity index (χ0n) is 11.3. The van der Waals surface area contributed by atoms with Crippen LogP contribution in [0.3, 0.4) is 0 Å². The van der Waals surface area contributed by atoms with Gasteiger partial charge in [-0.25, -0.2) is 4.98 Å². The summed E-state index contributed by atoms with van der Waals surface area (Å²) in [7, 11) is 0. The van der Waals surface area contributed by atoms with E-state index in [1.54, 1.807) is 6.07 Å². The fraction of sp³-hybridized carbons (Fsp3) is 0. The molecule has 3 aromatic rings. The summed E-state index contributed by atoms with van der Waals surface area (Å²) < 4.78 is 0.949. The molecule has 0 atom stereocenters. The number of aromatic nitrogens is 1. The lowest BCUT2D eigenvalue weighted by Gasteiger charge is -2.07. The van der Waals surface area contributed by atoms with Crippen molar-refractivity contribution in [2.24, 2.45) is 4.99 Å². The van der Waals surface area contributed by atoms with Gasteiger partial charge < -0.3 is 0 Å². The molecule has 3 nitrogen and oxygen atoms in total. The normalized spacial score (nSPS) is 10.2. The standard InChI is InChI=1S/C17H9BrN2OS/c18-12-5-3-4-11(8-12)16-9-14(17(21)19-10-22)13-6-1-2-7-15(13)20-16/h1-9H. The van der Waals surface area contributed by atoms with E-state index >= 15 is 0 Å². The third kappa shape index (κ3) is 2.88. The van der Waals surface area contributed by atoms with Gasteiger partial charge in [-0.3, -0.25) is 4.79 Å². The molecule has 0 aliphatic carbocycles. The number of nitrogens with zero attached hydrogens (tertiary/aromatic N) is 2. The molecular weight excluding hydrogens is 360 g/mol. The van der Waals surface area contributed by atoms with E-state index in [-0.39, 0.29) is 0 Å². The molecule has 0 saturated carbocycles. The van der Waals surface area contributed by atoms with Crippen LogP contribution in [0.5, 0.6) is 0 Å². The highest BCUT2D eigenvalue weighted by Gasteiger charge is 2.13.